The average Bonchev–Trinajstić information content (AvgIpc) is 3.01. The Labute approximate surface area is 122 Å². The van der Waals surface area contributed by atoms with Crippen molar-refractivity contribution in [2.45, 2.75) is 30.8 Å². The molecule has 1 atom stereocenters. The summed E-state index contributed by atoms with van der Waals surface area (Å²) in [5, 5.41) is 1.78. The quantitative estimate of drug-likeness (QED) is 0.946. The highest BCUT2D eigenvalue weighted by molar-refractivity contribution is 7.93. The first-order valence-electron chi connectivity index (χ1n) is 6.44. The molecule has 0 bridgehead atoms. The standard InChI is InChI=1S/C14H16N2O2S2/c1-10-8-11-4-2-3-5-12(11)16(10)20(17,18)14-6-7-19-13(14)9-15/h2-7,10H,8-9,15H2,1H3. The number of fused-ring (bicyclic) bond motifs is 1. The van der Waals surface area contributed by atoms with E-state index in [2.05, 4.69) is 0 Å². The summed E-state index contributed by atoms with van der Waals surface area (Å²) in [6.45, 7) is 2.18. The van der Waals surface area contributed by atoms with E-state index in [0.29, 0.717) is 9.77 Å². The number of para-hydroxylation sites is 1. The van der Waals surface area contributed by atoms with Gasteiger partial charge in [-0.15, -0.1) is 11.3 Å². The molecule has 0 spiro atoms. The van der Waals surface area contributed by atoms with Crippen LogP contribution in [0.15, 0.2) is 40.6 Å². The Morgan fingerprint density at radius 1 is 1.35 bits per heavy atom. The van der Waals surface area contributed by atoms with Crippen LogP contribution >= 0.6 is 11.3 Å². The molecular formula is C14H16N2O2S2. The van der Waals surface area contributed by atoms with Crippen molar-refractivity contribution < 1.29 is 8.42 Å². The molecule has 0 amide bonds. The maximum atomic E-state index is 12.9. The van der Waals surface area contributed by atoms with Crippen molar-refractivity contribution in [3.8, 4) is 0 Å². The average molecular weight is 308 g/mol. The van der Waals surface area contributed by atoms with Crippen LogP contribution in [0.25, 0.3) is 0 Å². The van der Waals surface area contributed by atoms with Crippen molar-refractivity contribution in [2.24, 2.45) is 5.73 Å². The van der Waals surface area contributed by atoms with Crippen LogP contribution in [0.2, 0.25) is 0 Å². The Hall–Kier alpha value is -1.37. The van der Waals surface area contributed by atoms with E-state index in [1.807, 2.05) is 31.2 Å². The number of hydrogen-bond acceptors (Lipinski definition) is 4. The van der Waals surface area contributed by atoms with E-state index in [1.165, 1.54) is 15.6 Å². The Morgan fingerprint density at radius 2 is 2.10 bits per heavy atom. The lowest BCUT2D eigenvalue weighted by Crippen LogP contribution is -2.36. The van der Waals surface area contributed by atoms with Crippen molar-refractivity contribution in [1.29, 1.82) is 0 Å². The van der Waals surface area contributed by atoms with Crippen LogP contribution in [0.1, 0.15) is 17.4 Å². The first kappa shape index (κ1) is 13.6. The van der Waals surface area contributed by atoms with Crippen molar-refractivity contribution in [1.82, 2.24) is 0 Å². The van der Waals surface area contributed by atoms with E-state index in [4.69, 9.17) is 5.73 Å². The van der Waals surface area contributed by atoms with Crippen LogP contribution in [0.5, 0.6) is 0 Å². The lowest BCUT2D eigenvalue weighted by Gasteiger charge is -2.24. The van der Waals surface area contributed by atoms with Gasteiger partial charge in [0.05, 0.1) is 5.69 Å². The fourth-order valence-electron chi connectivity index (χ4n) is 2.72. The summed E-state index contributed by atoms with van der Waals surface area (Å²) in [5.41, 5.74) is 7.51. The maximum absolute atomic E-state index is 12.9. The third-order valence-corrected chi connectivity index (χ3v) is 6.66. The SMILES string of the molecule is CC1Cc2ccccc2N1S(=O)(=O)c1ccsc1CN. The van der Waals surface area contributed by atoms with Crippen LogP contribution < -0.4 is 10.0 Å². The van der Waals surface area contributed by atoms with Gasteiger partial charge in [0.25, 0.3) is 10.0 Å². The zero-order chi connectivity index (χ0) is 14.3. The number of sulfonamides is 1. The summed E-state index contributed by atoms with van der Waals surface area (Å²) in [7, 11) is -3.54. The monoisotopic (exact) mass is 308 g/mol. The molecule has 6 heteroatoms. The Bertz CT molecular complexity index is 737. The molecule has 4 nitrogen and oxygen atoms in total. The van der Waals surface area contributed by atoms with Crippen molar-refractivity contribution >= 4 is 27.0 Å². The fraction of sp³-hybridized carbons (Fsp3) is 0.286. The number of thiophene rings is 1. The molecule has 2 heterocycles. The van der Waals surface area contributed by atoms with Crippen molar-refractivity contribution in [3.05, 3.63) is 46.2 Å². The fourth-order valence-corrected chi connectivity index (χ4v) is 5.72. The molecule has 1 aromatic carbocycles. The second kappa shape index (κ2) is 4.87. The third-order valence-electron chi connectivity index (χ3n) is 3.57. The van der Waals surface area contributed by atoms with Crippen LogP contribution in [0.3, 0.4) is 0 Å². The van der Waals surface area contributed by atoms with Crippen LogP contribution in [-0.4, -0.2) is 14.5 Å². The van der Waals surface area contributed by atoms with Crippen LogP contribution in [0, 0.1) is 0 Å². The first-order valence-corrected chi connectivity index (χ1v) is 8.76. The molecule has 3 rings (SSSR count). The predicted octanol–water partition coefficient (Wildman–Crippen LogP) is 2.35. The minimum atomic E-state index is -3.54. The summed E-state index contributed by atoms with van der Waals surface area (Å²) in [6, 6.07) is 9.25. The number of benzene rings is 1. The molecule has 0 aliphatic carbocycles. The molecule has 1 aliphatic heterocycles. The van der Waals surface area contributed by atoms with Crippen molar-refractivity contribution in [2.75, 3.05) is 4.31 Å². The number of hydrogen-bond donors (Lipinski definition) is 1. The van der Waals surface area contributed by atoms with Gasteiger partial charge in [-0.25, -0.2) is 8.42 Å². The molecule has 106 valence electrons. The van der Waals surface area contributed by atoms with E-state index in [9.17, 15) is 8.42 Å². The second-order valence-electron chi connectivity index (χ2n) is 4.89. The molecule has 0 fully saturated rings. The van der Waals surface area contributed by atoms with E-state index in [1.54, 1.807) is 11.4 Å². The van der Waals surface area contributed by atoms with E-state index in [-0.39, 0.29) is 12.6 Å². The van der Waals surface area contributed by atoms with Crippen molar-refractivity contribution in [3.63, 3.8) is 0 Å². The van der Waals surface area contributed by atoms with E-state index in [0.717, 1.165) is 17.7 Å². The number of nitrogens with two attached hydrogens (primary N) is 1. The molecule has 1 unspecified atom stereocenters. The molecule has 20 heavy (non-hydrogen) atoms. The lowest BCUT2D eigenvalue weighted by atomic mass is 10.1. The maximum Gasteiger partial charge on any atom is 0.265 e. The van der Waals surface area contributed by atoms with E-state index < -0.39 is 10.0 Å². The minimum Gasteiger partial charge on any atom is -0.326 e. The summed E-state index contributed by atoms with van der Waals surface area (Å²) < 4.78 is 27.4. The molecule has 0 saturated carbocycles. The number of anilines is 1. The zero-order valence-corrected chi connectivity index (χ0v) is 12.7. The minimum absolute atomic E-state index is 0.0667. The summed E-state index contributed by atoms with van der Waals surface area (Å²) in [5.74, 6) is 0. The van der Waals surface area contributed by atoms with Crippen LogP contribution in [-0.2, 0) is 23.0 Å². The number of nitrogens with zero attached hydrogens (tertiary/aromatic N) is 1. The van der Waals surface area contributed by atoms with Gasteiger partial charge in [-0.05, 0) is 36.4 Å². The van der Waals surface area contributed by atoms with Gasteiger partial charge >= 0.3 is 0 Å². The van der Waals surface area contributed by atoms with Gasteiger partial charge in [0.15, 0.2) is 0 Å². The van der Waals surface area contributed by atoms with Gasteiger partial charge in [0.1, 0.15) is 4.90 Å². The largest absolute Gasteiger partial charge is 0.326 e. The molecule has 1 aromatic heterocycles. The first-order chi connectivity index (χ1) is 9.55. The van der Waals surface area contributed by atoms with Gasteiger partial charge in [-0.1, -0.05) is 18.2 Å². The molecule has 0 radical (unpaired) electrons. The second-order valence-corrected chi connectivity index (χ2v) is 7.68. The summed E-state index contributed by atoms with van der Waals surface area (Å²) >= 11 is 1.39. The molecule has 2 N–H and O–H groups in total. The molecule has 2 aromatic rings. The zero-order valence-electron chi connectivity index (χ0n) is 11.1. The molecule has 1 aliphatic rings. The van der Waals surface area contributed by atoms with Gasteiger partial charge in [0.2, 0.25) is 0 Å². The van der Waals surface area contributed by atoms with Gasteiger partial charge < -0.3 is 5.73 Å². The Kier molecular flexibility index (Phi) is 3.32. The smallest absolute Gasteiger partial charge is 0.265 e. The number of rotatable bonds is 3. The molecular weight excluding hydrogens is 292 g/mol. The topological polar surface area (TPSA) is 63.4 Å². The highest BCUT2D eigenvalue weighted by atomic mass is 32.2. The third kappa shape index (κ3) is 1.95. The Morgan fingerprint density at radius 3 is 2.85 bits per heavy atom. The predicted molar refractivity (Wildman–Crippen MR) is 81.5 cm³/mol. The highest BCUT2D eigenvalue weighted by Crippen LogP contribution is 2.37. The van der Waals surface area contributed by atoms with E-state index >= 15 is 0 Å². The highest BCUT2D eigenvalue weighted by Gasteiger charge is 2.37. The van der Waals surface area contributed by atoms with Crippen LogP contribution in [0.4, 0.5) is 5.69 Å². The van der Waals surface area contributed by atoms with Gasteiger partial charge in [-0.3, -0.25) is 4.31 Å². The molecule has 0 saturated heterocycles. The Balaban J connectivity index is 2.13. The summed E-state index contributed by atoms with van der Waals surface area (Å²) in [4.78, 5) is 1.05. The summed E-state index contributed by atoms with van der Waals surface area (Å²) in [6.07, 6.45) is 0.748. The normalized spacial score (nSPS) is 18.3. The van der Waals surface area contributed by atoms with Gasteiger partial charge in [-0.2, -0.15) is 0 Å². The van der Waals surface area contributed by atoms with Gasteiger partial charge in [0, 0.05) is 17.5 Å². The lowest BCUT2D eigenvalue weighted by molar-refractivity contribution is 0.583.